The number of hydrogen-bond acceptors (Lipinski definition) is 6. The predicted molar refractivity (Wildman–Crippen MR) is 95.0 cm³/mol. The molecule has 1 aliphatic heterocycles. The molecule has 0 spiro atoms. The van der Waals surface area contributed by atoms with Crippen LogP contribution in [0, 0.1) is 0 Å². The zero-order chi connectivity index (χ0) is 18.0. The standard InChI is InChI=1S/C15H25N3O4S2/c1-17(11-12-23(2,19)20)14-7-9-18(10-8-14)24(21,22)15-5-3-13(16)4-6-15/h3-6,14H,7-12,16H2,1-2H3. The highest BCUT2D eigenvalue weighted by Crippen LogP contribution is 2.23. The van der Waals surface area contributed by atoms with Crippen LogP contribution in [0.1, 0.15) is 12.8 Å². The molecule has 0 amide bonds. The van der Waals surface area contributed by atoms with Crippen LogP contribution in [0.5, 0.6) is 0 Å². The minimum absolute atomic E-state index is 0.119. The lowest BCUT2D eigenvalue weighted by atomic mass is 10.1. The molecule has 1 aliphatic rings. The largest absolute Gasteiger partial charge is 0.399 e. The first-order valence-electron chi connectivity index (χ1n) is 7.83. The van der Waals surface area contributed by atoms with Crippen LogP contribution in [0.3, 0.4) is 0 Å². The average Bonchev–Trinajstić information content (AvgIpc) is 2.52. The van der Waals surface area contributed by atoms with Gasteiger partial charge in [-0.05, 0) is 44.2 Å². The summed E-state index contributed by atoms with van der Waals surface area (Å²) in [5.74, 6) is 0.119. The van der Waals surface area contributed by atoms with Gasteiger partial charge in [-0.25, -0.2) is 16.8 Å². The fraction of sp³-hybridized carbons (Fsp3) is 0.600. The summed E-state index contributed by atoms with van der Waals surface area (Å²) in [4.78, 5) is 2.26. The van der Waals surface area contributed by atoms with Gasteiger partial charge in [0.15, 0.2) is 0 Å². The number of hydrogen-bond donors (Lipinski definition) is 1. The van der Waals surface area contributed by atoms with E-state index in [1.54, 1.807) is 12.1 Å². The fourth-order valence-corrected chi connectivity index (χ4v) is 4.89. The second kappa shape index (κ2) is 7.38. The first-order valence-corrected chi connectivity index (χ1v) is 11.3. The third kappa shape index (κ3) is 4.92. The van der Waals surface area contributed by atoms with E-state index in [1.807, 2.05) is 11.9 Å². The van der Waals surface area contributed by atoms with Crippen molar-refractivity contribution in [3.05, 3.63) is 24.3 Å². The summed E-state index contributed by atoms with van der Waals surface area (Å²) in [5.41, 5.74) is 6.13. The van der Waals surface area contributed by atoms with Gasteiger partial charge in [0.05, 0.1) is 10.6 Å². The first-order chi connectivity index (χ1) is 11.1. The van der Waals surface area contributed by atoms with Gasteiger partial charge in [-0.2, -0.15) is 4.31 Å². The molecule has 7 nitrogen and oxygen atoms in total. The Morgan fingerprint density at radius 1 is 1.12 bits per heavy atom. The highest BCUT2D eigenvalue weighted by Gasteiger charge is 2.30. The molecule has 24 heavy (non-hydrogen) atoms. The summed E-state index contributed by atoms with van der Waals surface area (Å²) in [7, 11) is -4.60. The molecule has 0 saturated carbocycles. The molecule has 2 rings (SSSR count). The van der Waals surface area contributed by atoms with Crippen molar-refractivity contribution in [2.75, 3.05) is 44.4 Å². The monoisotopic (exact) mass is 375 g/mol. The summed E-state index contributed by atoms with van der Waals surface area (Å²) >= 11 is 0. The van der Waals surface area contributed by atoms with Crippen molar-refractivity contribution in [2.24, 2.45) is 0 Å². The zero-order valence-corrected chi connectivity index (χ0v) is 15.7. The number of nitrogen functional groups attached to an aromatic ring is 1. The van der Waals surface area contributed by atoms with Crippen LogP contribution in [0.2, 0.25) is 0 Å². The van der Waals surface area contributed by atoms with Crippen LogP contribution >= 0.6 is 0 Å². The van der Waals surface area contributed by atoms with Crippen LogP contribution in [0.15, 0.2) is 29.2 Å². The third-order valence-corrected chi connectivity index (χ3v) is 7.22. The maximum Gasteiger partial charge on any atom is 0.243 e. The molecule has 1 saturated heterocycles. The topological polar surface area (TPSA) is 101 Å². The van der Waals surface area contributed by atoms with Crippen LogP contribution in [-0.4, -0.2) is 70.8 Å². The molecule has 0 atom stereocenters. The zero-order valence-electron chi connectivity index (χ0n) is 14.1. The van der Waals surface area contributed by atoms with Gasteiger partial charge < -0.3 is 10.6 Å². The van der Waals surface area contributed by atoms with Gasteiger partial charge in [-0.1, -0.05) is 0 Å². The number of benzene rings is 1. The second-order valence-electron chi connectivity index (χ2n) is 6.31. The molecule has 1 fully saturated rings. The Labute approximate surface area is 144 Å². The van der Waals surface area contributed by atoms with E-state index in [4.69, 9.17) is 5.73 Å². The smallest absolute Gasteiger partial charge is 0.243 e. The van der Waals surface area contributed by atoms with Crippen LogP contribution in [-0.2, 0) is 19.9 Å². The molecule has 0 radical (unpaired) electrons. The molecule has 1 heterocycles. The number of piperidine rings is 1. The van der Waals surface area contributed by atoms with Gasteiger partial charge in [-0.3, -0.25) is 0 Å². The maximum absolute atomic E-state index is 12.6. The SMILES string of the molecule is CN(CCS(C)(=O)=O)C1CCN(S(=O)(=O)c2ccc(N)cc2)CC1. The molecule has 2 N–H and O–H groups in total. The van der Waals surface area contributed by atoms with E-state index in [0.717, 1.165) is 0 Å². The quantitative estimate of drug-likeness (QED) is 0.722. The summed E-state index contributed by atoms with van der Waals surface area (Å²) < 4.78 is 49.3. The lowest BCUT2D eigenvalue weighted by molar-refractivity contribution is 0.175. The molecule has 9 heteroatoms. The van der Waals surface area contributed by atoms with E-state index in [-0.39, 0.29) is 16.7 Å². The molecule has 1 aromatic rings. The van der Waals surface area contributed by atoms with Crippen molar-refractivity contribution in [3.63, 3.8) is 0 Å². The average molecular weight is 376 g/mol. The van der Waals surface area contributed by atoms with Gasteiger partial charge in [0.2, 0.25) is 10.0 Å². The van der Waals surface area contributed by atoms with Gasteiger partial charge in [0.1, 0.15) is 9.84 Å². The Bertz CT molecular complexity index is 752. The molecule has 0 aliphatic carbocycles. The lowest BCUT2D eigenvalue weighted by Gasteiger charge is -2.36. The third-order valence-electron chi connectivity index (χ3n) is 4.38. The van der Waals surface area contributed by atoms with Crippen molar-refractivity contribution >= 4 is 25.5 Å². The Morgan fingerprint density at radius 3 is 2.17 bits per heavy atom. The van der Waals surface area contributed by atoms with E-state index in [2.05, 4.69) is 0 Å². The Morgan fingerprint density at radius 2 is 1.67 bits per heavy atom. The van der Waals surface area contributed by atoms with E-state index in [9.17, 15) is 16.8 Å². The molecule has 0 unspecified atom stereocenters. The van der Waals surface area contributed by atoms with Gasteiger partial charge >= 0.3 is 0 Å². The minimum atomic E-state index is -3.50. The van der Waals surface area contributed by atoms with Crippen molar-refractivity contribution in [2.45, 2.75) is 23.8 Å². The number of anilines is 1. The molecular formula is C15H25N3O4S2. The van der Waals surface area contributed by atoms with Gasteiger partial charge in [0, 0.05) is 37.6 Å². The first kappa shape index (κ1) is 19.2. The number of sulfone groups is 1. The Balaban J connectivity index is 1.95. The van der Waals surface area contributed by atoms with E-state index in [0.29, 0.717) is 38.2 Å². The molecule has 1 aromatic carbocycles. The van der Waals surface area contributed by atoms with Crippen molar-refractivity contribution in [1.29, 1.82) is 0 Å². The van der Waals surface area contributed by atoms with Gasteiger partial charge in [0.25, 0.3) is 0 Å². The Kier molecular flexibility index (Phi) is 5.90. The predicted octanol–water partition coefficient (Wildman–Crippen LogP) is 0.398. The van der Waals surface area contributed by atoms with Crippen LogP contribution < -0.4 is 5.73 Å². The van der Waals surface area contributed by atoms with E-state index < -0.39 is 19.9 Å². The number of nitrogens with two attached hydrogens (primary N) is 1. The second-order valence-corrected chi connectivity index (χ2v) is 10.5. The normalized spacial score (nSPS) is 18.1. The van der Waals surface area contributed by atoms with E-state index in [1.165, 1.54) is 22.7 Å². The molecule has 0 aromatic heterocycles. The lowest BCUT2D eigenvalue weighted by Crippen LogP contribution is -2.46. The van der Waals surface area contributed by atoms with Crippen molar-refractivity contribution < 1.29 is 16.8 Å². The minimum Gasteiger partial charge on any atom is -0.399 e. The summed E-state index contributed by atoms with van der Waals surface area (Å²) in [5, 5.41) is 0. The summed E-state index contributed by atoms with van der Waals surface area (Å²) in [6, 6.07) is 6.41. The summed E-state index contributed by atoms with van der Waals surface area (Å²) in [6.07, 6.45) is 2.60. The summed E-state index contributed by atoms with van der Waals surface area (Å²) in [6.45, 7) is 1.33. The number of rotatable bonds is 6. The van der Waals surface area contributed by atoms with Crippen molar-refractivity contribution in [3.8, 4) is 0 Å². The number of nitrogens with zero attached hydrogens (tertiary/aromatic N) is 2. The number of sulfonamides is 1. The molecular weight excluding hydrogens is 350 g/mol. The van der Waals surface area contributed by atoms with Crippen LogP contribution in [0.25, 0.3) is 0 Å². The molecule has 136 valence electrons. The van der Waals surface area contributed by atoms with E-state index >= 15 is 0 Å². The highest BCUT2D eigenvalue weighted by molar-refractivity contribution is 7.90. The van der Waals surface area contributed by atoms with Gasteiger partial charge in [-0.15, -0.1) is 0 Å². The Hall–Kier alpha value is -1.16. The maximum atomic E-state index is 12.6. The fourth-order valence-electron chi connectivity index (χ4n) is 2.80. The van der Waals surface area contributed by atoms with Crippen molar-refractivity contribution in [1.82, 2.24) is 9.21 Å². The highest BCUT2D eigenvalue weighted by atomic mass is 32.2. The molecule has 0 bridgehead atoms. The van der Waals surface area contributed by atoms with Crippen LogP contribution in [0.4, 0.5) is 5.69 Å².